The predicted octanol–water partition coefficient (Wildman–Crippen LogP) is 3.70. The van der Waals surface area contributed by atoms with Crippen LogP contribution in [0.25, 0.3) is 0 Å². The Morgan fingerprint density at radius 3 is 2.52 bits per heavy atom. The standard InChI is InChI=1S/C19H28ClNO3S/c1-15-8-11-21(12-16(15)13-24-25(2,22)23)14-19(9-3-10-19)17-4-6-18(20)7-5-17/h4-7,15-16H,3,8-14H2,1-2H3/t15-,16+/m0/s1. The fourth-order valence-electron chi connectivity index (χ4n) is 4.17. The van der Waals surface area contributed by atoms with Gasteiger partial charge in [0.05, 0.1) is 12.9 Å². The summed E-state index contributed by atoms with van der Waals surface area (Å²) in [6.07, 6.45) is 5.92. The van der Waals surface area contributed by atoms with E-state index in [1.165, 1.54) is 24.8 Å². The van der Waals surface area contributed by atoms with Crippen LogP contribution in [0.1, 0.15) is 38.2 Å². The fraction of sp³-hybridized carbons (Fsp3) is 0.684. The molecule has 1 saturated heterocycles. The Morgan fingerprint density at radius 1 is 1.28 bits per heavy atom. The summed E-state index contributed by atoms with van der Waals surface area (Å²) >= 11 is 6.05. The van der Waals surface area contributed by atoms with Gasteiger partial charge in [0, 0.05) is 23.5 Å². The van der Waals surface area contributed by atoms with Gasteiger partial charge in [-0.25, -0.2) is 0 Å². The third kappa shape index (κ3) is 4.76. The first-order valence-corrected chi connectivity index (χ1v) is 11.3. The molecular formula is C19H28ClNO3S. The molecule has 3 rings (SSSR count). The quantitative estimate of drug-likeness (QED) is 0.700. The molecule has 1 saturated carbocycles. The van der Waals surface area contributed by atoms with Crippen LogP contribution in [0.15, 0.2) is 24.3 Å². The number of nitrogens with zero attached hydrogens (tertiary/aromatic N) is 1. The monoisotopic (exact) mass is 385 g/mol. The average Bonchev–Trinajstić information content (AvgIpc) is 2.51. The Bertz CT molecular complexity index is 685. The number of benzene rings is 1. The van der Waals surface area contributed by atoms with Crippen LogP contribution >= 0.6 is 11.6 Å². The van der Waals surface area contributed by atoms with Gasteiger partial charge in [-0.15, -0.1) is 0 Å². The first-order valence-electron chi connectivity index (χ1n) is 9.10. The molecule has 4 nitrogen and oxygen atoms in total. The summed E-state index contributed by atoms with van der Waals surface area (Å²) in [6.45, 7) is 5.52. The van der Waals surface area contributed by atoms with E-state index in [2.05, 4.69) is 24.0 Å². The SMILES string of the molecule is C[C@H]1CCN(CC2(c3ccc(Cl)cc3)CCC2)C[C@@H]1COS(C)(=O)=O. The number of hydrogen-bond acceptors (Lipinski definition) is 4. The highest BCUT2D eigenvalue weighted by atomic mass is 35.5. The average molecular weight is 386 g/mol. The highest BCUT2D eigenvalue weighted by Crippen LogP contribution is 2.45. The topological polar surface area (TPSA) is 46.6 Å². The van der Waals surface area contributed by atoms with Crippen LogP contribution in [0.4, 0.5) is 0 Å². The van der Waals surface area contributed by atoms with Gasteiger partial charge >= 0.3 is 0 Å². The van der Waals surface area contributed by atoms with Gasteiger partial charge in [-0.05, 0) is 55.3 Å². The molecule has 2 aliphatic rings. The van der Waals surface area contributed by atoms with Crippen LogP contribution < -0.4 is 0 Å². The van der Waals surface area contributed by atoms with E-state index in [1.807, 2.05) is 12.1 Å². The van der Waals surface area contributed by atoms with Crippen LogP contribution in [-0.4, -0.2) is 45.8 Å². The van der Waals surface area contributed by atoms with Crippen molar-refractivity contribution >= 4 is 21.7 Å². The van der Waals surface area contributed by atoms with Crippen molar-refractivity contribution in [3.05, 3.63) is 34.9 Å². The molecule has 1 heterocycles. The summed E-state index contributed by atoms with van der Waals surface area (Å²) < 4.78 is 27.7. The first-order chi connectivity index (χ1) is 11.8. The van der Waals surface area contributed by atoms with E-state index >= 15 is 0 Å². The molecule has 0 unspecified atom stereocenters. The van der Waals surface area contributed by atoms with Gasteiger partial charge in [0.2, 0.25) is 0 Å². The maximum absolute atomic E-state index is 11.3. The number of rotatable bonds is 6. The highest BCUT2D eigenvalue weighted by Gasteiger charge is 2.41. The number of likely N-dealkylation sites (tertiary alicyclic amines) is 1. The number of hydrogen-bond donors (Lipinski definition) is 0. The van der Waals surface area contributed by atoms with Crippen molar-refractivity contribution < 1.29 is 12.6 Å². The van der Waals surface area contributed by atoms with Crippen molar-refractivity contribution in [1.82, 2.24) is 4.90 Å². The summed E-state index contributed by atoms with van der Waals surface area (Å²) in [6, 6.07) is 8.30. The van der Waals surface area contributed by atoms with Crippen molar-refractivity contribution in [2.75, 3.05) is 32.5 Å². The summed E-state index contributed by atoms with van der Waals surface area (Å²) in [5, 5.41) is 0.781. The predicted molar refractivity (Wildman–Crippen MR) is 101 cm³/mol. The Kier molecular flexibility index (Phi) is 5.78. The van der Waals surface area contributed by atoms with Crippen LogP contribution in [0, 0.1) is 11.8 Å². The molecule has 0 N–H and O–H groups in total. The molecule has 0 spiro atoms. The largest absolute Gasteiger partial charge is 0.302 e. The van der Waals surface area contributed by atoms with E-state index in [0.717, 1.165) is 37.3 Å². The van der Waals surface area contributed by atoms with Gasteiger partial charge in [0.1, 0.15) is 0 Å². The Labute approximate surface area is 156 Å². The maximum Gasteiger partial charge on any atom is 0.264 e. The van der Waals surface area contributed by atoms with Crippen molar-refractivity contribution in [3.63, 3.8) is 0 Å². The van der Waals surface area contributed by atoms with Crippen molar-refractivity contribution in [2.45, 2.75) is 38.0 Å². The zero-order valence-electron chi connectivity index (χ0n) is 15.1. The normalized spacial score (nSPS) is 27.0. The van der Waals surface area contributed by atoms with Gasteiger partial charge in [-0.3, -0.25) is 4.18 Å². The second kappa shape index (κ2) is 7.55. The molecule has 1 aliphatic heterocycles. The Hall–Kier alpha value is -0.620. The van der Waals surface area contributed by atoms with Gasteiger partial charge in [0.25, 0.3) is 10.1 Å². The molecule has 2 atom stereocenters. The second-order valence-corrected chi connectivity index (χ2v) is 9.97. The molecule has 1 aromatic rings. The number of piperidine rings is 1. The van der Waals surface area contributed by atoms with Gasteiger partial charge < -0.3 is 4.90 Å². The molecule has 0 radical (unpaired) electrons. The molecular weight excluding hydrogens is 358 g/mol. The molecule has 6 heteroatoms. The molecule has 140 valence electrons. The summed E-state index contributed by atoms with van der Waals surface area (Å²) in [5.74, 6) is 0.761. The minimum Gasteiger partial charge on any atom is -0.302 e. The van der Waals surface area contributed by atoms with Crippen LogP contribution in [0.3, 0.4) is 0 Å². The zero-order chi connectivity index (χ0) is 18.1. The zero-order valence-corrected chi connectivity index (χ0v) is 16.7. The van der Waals surface area contributed by atoms with Crippen LogP contribution in [-0.2, 0) is 19.7 Å². The lowest BCUT2D eigenvalue weighted by atomic mass is 9.64. The van der Waals surface area contributed by atoms with Crippen LogP contribution in [0.5, 0.6) is 0 Å². The third-order valence-electron chi connectivity index (χ3n) is 5.99. The molecule has 1 aliphatic carbocycles. The molecule has 2 fully saturated rings. The smallest absolute Gasteiger partial charge is 0.264 e. The highest BCUT2D eigenvalue weighted by molar-refractivity contribution is 7.85. The molecule has 0 bridgehead atoms. The lowest BCUT2D eigenvalue weighted by Crippen LogP contribution is -2.50. The first kappa shape index (κ1) is 19.2. The molecule has 1 aromatic carbocycles. The lowest BCUT2D eigenvalue weighted by molar-refractivity contribution is 0.0559. The van der Waals surface area contributed by atoms with Crippen molar-refractivity contribution in [1.29, 1.82) is 0 Å². The van der Waals surface area contributed by atoms with Gasteiger partial charge in [-0.1, -0.05) is 37.1 Å². The summed E-state index contributed by atoms with van der Waals surface area (Å²) in [4.78, 5) is 2.50. The van der Waals surface area contributed by atoms with Gasteiger partial charge in [-0.2, -0.15) is 8.42 Å². The Balaban J connectivity index is 1.66. The molecule has 25 heavy (non-hydrogen) atoms. The van der Waals surface area contributed by atoms with Gasteiger partial charge in [0.15, 0.2) is 0 Å². The summed E-state index contributed by atoms with van der Waals surface area (Å²) in [5.41, 5.74) is 1.61. The Morgan fingerprint density at radius 2 is 1.96 bits per heavy atom. The summed E-state index contributed by atoms with van der Waals surface area (Å²) in [7, 11) is -3.37. The molecule has 0 amide bonds. The van der Waals surface area contributed by atoms with E-state index in [0.29, 0.717) is 12.5 Å². The lowest BCUT2D eigenvalue weighted by Gasteiger charge is -2.48. The molecule has 0 aromatic heterocycles. The number of halogens is 1. The van der Waals surface area contributed by atoms with Crippen LogP contribution in [0.2, 0.25) is 5.02 Å². The van der Waals surface area contributed by atoms with Crippen molar-refractivity contribution in [3.8, 4) is 0 Å². The second-order valence-electron chi connectivity index (χ2n) is 7.89. The fourth-order valence-corrected chi connectivity index (χ4v) is 4.72. The van der Waals surface area contributed by atoms with E-state index in [4.69, 9.17) is 15.8 Å². The van der Waals surface area contributed by atoms with E-state index in [9.17, 15) is 8.42 Å². The van der Waals surface area contributed by atoms with E-state index < -0.39 is 10.1 Å². The third-order valence-corrected chi connectivity index (χ3v) is 6.80. The van der Waals surface area contributed by atoms with Crippen molar-refractivity contribution in [2.24, 2.45) is 11.8 Å². The van der Waals surface area contributed by atoms with E-state index in [-0.39, 0.29) is 11.3 Å². The minimum absolute atomic E-state index is 0.230. The van der Waals surface area contributed by atoms with E-state index in [1.54, 1.807) is 0 Å². The maximum atomic E-state index is 11.3. The minimum atomic E-state index is -3.37.